The first-order valence-corrected chi connectivity index (χ1v) is 6.52. The summed E-state index contributed by atoms with van der Waals surface area (Å²) in [6.45, 7) is 4.01. The molecule has 20 heavy (non-hydrogen) atoms. The number of rotatable bonds is 7. The lowest BCUT2D eigenvalue weighted by molar-refractivity contribution is -0.126. The molecule has 0 saturated carbocycles. The van der Waals surface area contributed by atoms with Gasteiger partial charge < -0.3 is 15.8 Å². The number of hydrogen-bond donors (Lipinski definition) is 2. The third kappa shape index (κ3) is 4.77. The second-order valence-corrected chi connectivity index (χ2v) is 4.85. The van der Waals surface area contributed by atoms with E-state index in [2.05, 4.69) is 5.32 Å². The number of carbonyl (C=O) groups is 1. The van der Waals surface area contributed by atoms with Gasteiger partial charge >= 0.3 is 0 Å². The molecule has 0 radical (unpaired) electrons. The second kappa shape index (κ2) is 7.19. The predicted octanol–water partition coefficient (Wildman–Crippen LogP) is 1.98. The zero-order chi connectivity index (χ0) is 15.2. The first-order chi connectivity index (χ1) is 9.36. The predicted molar refractivity (Wildman–Crippen MR) is 72.4 cm³/mol. The van der Waals surface area contributed by atoms with Gasteiger partial charge in [-0.2, -0.15) is 0 Å². The van der Waals surface area contributed by atoms with Crippen LogP contribution in [0.3, 0.4) is 0 Å². The zero-order valence-electron chi connectivity index (χ0n) is 11.7. The average Bonchev–Trinajstić information content (AvgIpc) is 2.38. The molecule has 0 aliphatic rings. The molecule has 3 N–H and O–H groups in total. The van der Waals surface area contributed by atoms with Crippen molar-refractivity contribution in [3.8, 4) is 5.75 Å². The van der Waals surface area contributed by atoms with Crippen molar-refractivity contribution in [3.63, 3.8) is 0 Å². The van der Waals surface area contributed by atoms with Crippen LogP contribution in [0.25, 0.3) is 0 Å². The topological polar surface area (TPSA) is 64.4 Å². The minimum atomic E-state index is -0.969. The van der Waals surface area contributed by atoms with Gasteiger partial charge in [0.05, 0.1) is 12.1 Å². The van der Waals surface area contributed by atoms with Gasteiger partial charge in [0.15, 0.2) is 11.6 Å². The summed E-state index contributed by atoms with van der Waals surface area (Å²) in [5, 5.41) is 2.65. The quantitative estimate of drug-likeness (QED) is 0.753. The lowest BCUT2D eigenvalue weighted by atomic mass is 9.97. The maximum Gasteiger partial charge on any atom is 0.239 e. The average molecular weight is 286 g/mol. The van der Waals surface area contributed by atoms with Crippen LogP contribution in [0.4, 0.5) is 8.78 Å². The summed E-state index contributed by atoms with van der Waals surface area (Å²) < 4.78 is 30.8. The van der Waals surface area contributed by atoms with Gasteiger partial charge in [0.1, 0.15) is 12.4 Å². The summed E-state index contributed by atoms with van der Waals surface area (Å²) in [4.78, 5) is 11.8. The SMILES string of the molecule is CCCC(C)(N)C(=O)NCCOc1ccc(F)c(F)c1. The van der Waals surface area contributed by atoms with E-state index in [-0.39, 0.29) is 24.8 Å². The Bertz CT molecular complexity index is 464. The molecular weight excluding hydrogens is 266 g/mol. The van der Waals surface area contributed by atoms with Crippen molar-refractivity contribution in [3.05, 3.63) is 29.8 Å². The molecule has 0 fully saturated rings. The Morgan fingerprint density at radius 3 is 2.70 bits per heavy atom. The standard InChI is InChI=1S/C14H20F2N2O2/c1-3-6-14(2,17)13(19)18-7-8-20-10-4-5-11(15)12(16)9-10/h4-5,9H,3,6-8,17H2,1-2H3,(H,18,19). The van der Waals surface area contributed by atoms with Crippen LogP contribution in [0.1, 0.15) is 26.7 Å². The third-order valence-electron chi connectivity index (χ3n) is 2.84. The molecule has 1 aromatic rings. The first kappa shape index (κ1) is 16.4. The molecular formula is C14H20F2N2O2. The smallest absolute Gasteiger partial charge is 0.239 e. The maximum atomic E-state index is 12.9. The van der Waals surface area contributed by atoms with Crippen LogP contribution in [-0.2, 0) is 4.79 Å². The van der Waals surface area contributed by atoms with Crippen molar-refractivity contribution in [1.29, 1.82) is 0 Å². The van der Waals surface area contributed by atoms with Crippen LogP contribution in [0.5, 0.6) is 5.75 Å². The van der Waals surface area contributed by atoms with Crippen LogP contribution in [0.2, 0.25) is 0 Å². The fourth-order valence-electron chi connectivity index (χ4n) is 1.73. The Hall–Kier alpha value is -1.69. The number of amides is 1. The van der Waals surface area contributed by atoms with E-state index in [4.69, 9.17) is 10.5 Å². The van der Waals surface area contributed by atoms with Crippen LogP contribution < -0.4 is 15.8 Å². The van der Waals surface area contributed by atoms with Gasteiger partial charge in [-0.3, -0.25) is 4.79 Å². The molecule has 0 aliphatic carbocycles. The Kier molecular flexibility index (Phi) is 5.88. The van der Waals surface area contributed by atoms with E-state index < -0.39 is 17.2 Å². The number of ether oxygens (including phenoxy) is 1. The first-order valence-electron chi connectivity index (χ1n) is 6.52. The maximum absolute atomic E-state index is 12.9. The van der Waals surface area contributed by atoms with E-state index in [0.717, 1.165) is 18.6 Å². The molecule has 1 atom stereocenters. The van der Waals surface area contributed by atoms with E-state index >= 15 is 0 Å². The highest BCUT2D eigenvalue weighted by Crippen LogP contribution is 2.15. The highest BCUT2D eigenvalue weighted by molar-refractivity contribution is 5.85. The van der Waals surface area contributed by atoms with E-state index in [0.29, 0.717) is 6.42 Å². The largest absolute Gasteiger partial charge is 0.492 e. The molecule has 0 bridgehead atoms. The van der Waals surface area contributed by atoms with E-state index in [1.807, 2.05) is 6.92 Å². The van der Waals surface area contributed by atoms with Crippen molar-refractivity contribution in [2.24, 2.45) is 5.73 Å². The van der Waals surface area contributed by atoms with Crippen molar-refractivity contribution < 1.29 is 18.3 Å². The lowest BCUT2D eigenvalue weighted by Crippen LogP contribution is -2.52. The number of hydrogen-bond acceptors (Lipinski definition) is 3. The molecule has 1 rings (SSSR count). The number of nitrogens with two attached hydrogens (primary N) is 1. The summed E-state index contributed by atoms with van der Waals surface area (Å²) in [6, 6.07) is 3.27. The van der Waals surface area contributed by atoms with Gasteiger partial charge in [0.2, 0.25) is 5.91 Å². The number of carbonyl (C=O) groups excluding carboxylic acids is 1. The minimum absolute atomic E-state index is 0.152. The van der Waals surface area contributed by atoms with Gasteiger partial charge in [-0.25, -0.2) is 8.78 Å². The fourth-order valence-corrected chi connectivity index (χ4v) is 1.73. The van der Waals surface area contributed by atoms with Crippen molar-refractivity contribution in [1.82, 2.24) is 5.32 Å². The van der Waals surface area contributed by atoms with Gasteiger partial charge in [0, 0.05) is 6.07 Å². The molecule has 0 aliphatic heterocycles. The van der Waals surface area contributed by atoms with Gasteiger partial charge in [0.25, 0.3) is 0 Å². The molecule has 1 unspecified atom stereocenters. The number of halogens is 2. The summed E-state index contributed by atoms with van der Waals surface area (Å²) >= 11 is 0. The summed E-state index contributed by atoms with van der Waals surface area (Å²) in [5.74, 6) is -1.94. The van der Waals surface area contributed by atoms with Crippen LogP contribution in [-0.4, -0.2) is 24.6 Å². The van der Waals surface area contributed by atoms with Gasteiger partial charge in [-0.05, 0) is 25.5 Å². The normalized spacial score (nSPS) is 13.7. The molecule has 0 saturated heterocycles. The Morgan fingerprint density at radius 2 is 2.10 bits per heavy atom. The van der Waals surface area contributed by atoms with Crippen LogP contribution >= 0.6 is 0 Å². The third-order valence-corrected chi connectivity index (χ3v) is 2.84. The molecule has 0 heterocycles. The van der Waals surface area contributed by atoms with Crippen LogP contribution in [0.15, 0.2) is 18.2 Å². The molecule has 6 heteroatoms. The fraction of sp³-hybridized carbons (Fsp3) is 0.500. The van der Waals surface area contributed by atoms with Crippen LogP contribution in [0, 0.1) is 11.6 Å². The Balaban J connectivity index is 2.34. The van der Waals surface area contributed by atoms with Gasteiger partial charge in [-0.15, -0.1) is 0 Å². The van der Waals surface area contributed by atoms with Crippen molar-refractivity contribution in [2.75, 3.05) is 13.2 Å². The van der Waals surface area contributed by atoms with Crippen molar-refractivity contribution in [2.45, 2.75) is 32.2 Å². The molecule has 1 amide bonds. The second-order valence-electron chi connectivity index (χ2n) is 4.85. The van der Waals surface area contributed by atoms with E-state index in [1.165, 1.54) is 6.07 Å². The lowest BCUT2D eigenvalue weighted by Gasteiger charge is -2.22. The highest BCUT2D eigenvalue weighted by Gasteiger charge is 2.26. The summed E-state index contributed by atoms with van der Waals surface area (Å²) in [7, 11) is 0. The molecule has 112 valence electrons. The van der Waals surface area contributed by atoms with E-state index in [9.17, 15) is 13.6 Å². The van der Waals surface area contributed by atoms with Gasteiger partial charge in [-0.1, -0.05) is 13.3 Å². The Morgan fingerprint density at radius 1 is 1.40 bits per heavy atom. The molecule has 0 aromatic heterocycles. The van der Waals surface area contributed by atoms with Crippen molar-refractivity contribution >= 4 is 5.91 Å². The summed E-state index contributed by atoms with van der Waals surface area (Å²) in [6.07, 6.45) is 1.40. The zero-order valence-corrected chi connectivity index (χ0v) is 11.7. The number of nitrogens with one attached hydrogen (secondary N) is 1. The Labute approximate surface area is 117 Å². The highest BCUT2D eigenvalue weighted by atomic mass is 19.2. The monoisotopic (exact) mass is 286 g/mol. The van der Waals surface area contributed by atoms with E-state index in [1.54, 1.807) is 6.92 Å². The molecule has 1 aromatic carbocycles. The molecule has 0 spiro atoms. The molecule has 4 nitrogen and oxygen atoms in total. The summed E-state index contributed by atoms with van der Waals surface area (Å²) in [5.41, 5.74) is 4.95. The minimum Gasteiger partial charge on any atom is -0.492 e. The number of benzene rings is 1.